The van der Waals surface area contributed by atoms with E-state index in [-0.39, 0.29) is 5.54 Å². The average Bonchev–Trinajstić information content (AvgIpc) is 2.41. The summed E-state index contributed by atoms with van der Waals surface area (Å²) in [6.07, 6.45) is 2.66. The van der Waals surface area contributed by atoms with Gasteiger partial charge in [-0.2, -0.15) is 0 Å². The standard InChI is InChI=1S/C7H16N2/c1-7(8,5-9-2)6-3-4-6/h6,9H,3-5,8H2,1-2H3. The summed E-state index contributed by atoms with van der Waals surface area (Å²) in [5, 5.41) is 3.10. The van der Waals surface area contributed by atoms with Gasteiger partial charge in [-0.25, -0.2) is 0 Å². The molecule has 1 aliphatic carbocycles. The van der Waals surface area contributed by atoms with Crippen LogP contribution in [0.3, 0.4) is 0 Å². The second-order valence-corrected chi connectivity index (χ2v) is 3.31. The highest BCUT2D eigenvalue weighted by Gasteiger charge is 2.37. The van der Waals surface area contributed by atoms with Gasteiger partial charge in [0.2, 0.25) is 0 Å². The molecule has 0 aromatic heterocycles. The molecule has 3 N–H and O–H groups in total. The summed E-state index contributed by atoms with van der Waals surface area (Å²) in [6, 6.07) is 0. The van der Waals surface area contributed by atoms with Gasteiger partial charge in [-0.1, -0.05) is 0 Å². The Morgan fingerprint density at radius 2 is 2.22 bits per heavy atom. The highest BCUT2D eigenvalue weighted by Crippen LogP contribution is 2.37. The minimum absolute atomic E-state index is 0.0503. The van der Waals surface area contributed by atoms with Crippen LogP contribution >= 0.6 is 0 Å². The summed E-state index contributed by atoms with van der Waals surface area (Å²) < 4.78 is 0. The first kappa shape index (κ1) is 7.03. The van der Waals surface area contributed by atoms with E-state index in [1.807, 2.05) is 7.05 Å². The van der Waals surface area contributed by atoms with Crippen LogP contribution in [0.1, 0.15) is 19.8 Å². The fraction of sp³-hybridized carbons (Fsp3) is 1.00. The number of hydrogen-bond acceptors (Lipinski definition) is 2. The third-order valence-electron chi connectivity index (χ3n) is 2.07. The molecule has 0 spiro atoms. The third-order valence-corrected chi connectivity index (χ3v) is 2.07. The van der Waals surface area contributed by atoms with E-state index in [4.69, 9.17) is 5.73 Å². The Morgan fingerprint density at radius 1 is 1.67 bits per heavy atom. The van der Waals surface area contributed by atoms with Crippen molar-refractivity contribution in [2.45, 2.75) is 25.3 Å². The van der Waals surface area contributed by atoms with Gasteiger partial charge in [-0.15, -0.1) is 0 Å². The lowest BCUT2D eigenvalue weighted by Crippen LogP contribution is -2.47. The largest absolute Gasteiger partial charge is 0.324 e. The van der Waals surface area contributed by atoms with Crippen molar-refractivity contribution in [1.29, 1.82) is 0 Å². The van der Waals surface area contributed by atoms with Gasteiger partial charge in [0.25, 0.3) is 0 Å². The van der Waals surface area contributed by atoms with E-state index in [0.29, 0.717) is 0 Å². The molecule has 1 saturated carbocycles. The van der Waals surface area contributed by atoms with Crippen LogP contribution in [0, 0.1) is 5.92 Å². The van der Waals surface area contributed by atoms with E-state index >= 15 is 0 Å². The molecule has 0 aliphatic heterocycles. The van der Waals surface area contributed by atoms with Crippen LogP contribution in [-0.4, -0.2) is 19.1 Å². The third kappa shape index (κ3) is 1.66. The van der Waals surface area contributed by atoms with Crippen molar-refractivity contribution in [2.24, 2.45) is 11.7 Å². The fourth-order valence-corrected chi connectivity index (χ4v) is 1.27. The van der Waals surface area contributed by atoms with Crippen molar-refractivity contribution in [1.82, 2.24) is 5.32 Å². The molecule has 54 valence electrons. The van der Waals surface area contributed by atoms with Crippen molar-refractivity contribution in [2.75, 3.05) is 13.6 Å². The fourth-order valence-electron chi connectivity index (χ4n) is 1.27. The van der Waals surface area contributed by atoms with Crippen molar-refractivity contribution in [3.63, 3.8) is 0 Å². The van der Waals surface area contributed by atoms with Crippen LogP contribution in [0.2, 0.25) is 0 Å². The molecule has 1 aliphatic rings. The summed E-state index contributed by atoms with van der Waals surface area (Å²) in [4.78, 5) is 0. The van der Waals surface area contributed by atoms with E-state index in [2.05, 4.69) is 12.2 Å². The van der Waals surface area contributed by atoms with Gasteiger partial charge in [0.15, 0.2) is 0 Å². The minimum atomic E-state index is 0.0503. The van der Waals surface area contributed by atoms with Gasteiger partial charge in [-0.3, -0.25) is 0 Å². The molecule has 1 unspecified atom stereocenters. The summed E-state index contributed by atoms with van der Waals surface area (Å²) in [6.45, 7) is 3.07. The molecule has 0 heterocycles. The number of nitrogens with one attached hydrogen (secondary N) is 1. The Kier molecular flexibility index (Phi) is 1.78. The molecule has 1 rings (SSSR count). The van der Waals surface area contributed by atoms with Crippen molar-refractivity contribution < 1.29 is 0 Å². The summed E-state index contributed by atoms with van der Waals surface area (Å²) in [7, 11) is 1.95. The van der Waals surface area contributed by atoms with E-state index in [1.54, 1.807) is 0 Å². The maximum atomic E-state index is 5.97. The number of hydrogen-bond donors (Lipinski definition) is 2. The van der Waals surface area contributed by atoms with Crippen LogP contribution < -0.4 is 11.1 Å². The lowest BCUT2D eigenvalue weighted by molar-refractivity contribution is 0.393. The van der Waals surface area contributed by atoms with Crippen LogP contribution in [0.15, 0.2) is 0 Å². The lowest BCUT2D eigenvalue weighted by atomic mass is 9.98. The second-order valence-electron chi connectivity index (χ2n) is 3.31. The summed E-state index contributed by atoms with van der Waals surface area (Å²) in [5.41, 5.74) is 6.02. The molecule has 0 amide bonds. The SMILES string of the molecule is CNCC(C)(N)C1CC1. The normalized spacial score (nSPS) is 25.7. The Balaban J connectivity index is 2.30. The molecule has 2 nitrogen and oxygen atoms in total. The Bertz CT molecular complexity index is 95.1. The molecule has 2 heteroatoms. The summed E-state index contributed by atoms with van der Waals surface area (Å²) >= 11 is 0. The first-order chi connectivity index (χ1) is 4.17. The van der Waals surface area contributed by atoms with Crippen molar-refractivity contribution >= 4 is 0 Å². The molecular formula is C7H16N2. The van der Waals surface area contributed by atoms with E-state index in [0.717, 1.165) is 12.5 Å². The van der Waals surface area contributed by atoms with Crippen LogP contribution in [0.25, 0.3) is 0 Å². The molecule has 0 saturated heterocycles. The molecule has 0 bridgehead atoms. The lowest BCUT2D eigenvalue weighted by Gasteiger charge is -2.23. The van der Waals surface area contributed by atoms with Gasteiger partial charge in [-0.05, 0) is 32.7 Å². The Labute approximate surface area is 56.8 Å². The highest BCUT2D eigenvalue weighted by atomic mass is 14.9. The van der Waals surface area contributed by atoms with Gasteiger partial charge in [0.05, 0.1) is 0 Å². The maximum absolute atomic E-state index is 5.97. The average molecular weight is 128 g/mol. The van der Waals surface area contributed by atoms with Gasteiger partial charge < -0.3 is 11.1 Å². The Hall–Kier alpha value is -0.0800. The first-order valence-corrected chi connectivity index (χ1v) is 3.60. The van der Waals surface area contributed by atoms with E-state index in [9.17, 15) is 0 Å². The highest BCUT2D eigenvalue weighted by molar-refractivity contribution is 4.96. The Morgan fingerprint density at radius 3 is 2.56 bits per heavy atom. The monoisotopic (exact) mass is 128 g/mol. The molecule has 0 aromatic carbocycles. The molecule has 0 radical (unpaired) electrons. The van der Waals surface area contributed by atoms with Gasteiger partial charge in [0.1, 0.15) is 0 Å². The smallest absolute Gasteiger partial charge is 0.0280 e. The molecule has 1 fully saturated rings. The van der Waals surface area contributed by atoms with Crippen LogP contribution in [-0.2, 0) is 0 Å². The first-order valence-electron chi connectivity index (χ1n) is 3.60. The van der Waals surface area contributed by atoms with Crippen molar-refractivity contribution in [3.05, 3.63) is 0 Å². The minimum Gasteiger partial charge on any atom is -0.324 e. The number of rotatable bonds is 3. The number of likely N-dealkylation sites (N-methyl/N-ethyl adjacent to an activating group) is 1. The van der Waals surface area contributed by atoms with Crippen LogP contribution in [0.5, 0.6) is 0 Å². The zero-order valence-corrected chi connectivity index (χ0v) is 6.28. The molecule has 0 aromatic rings. The van der Waals surface area contributed by atoms with Crippen LogP contribution in [0.4, 0.5) is 0 Å². The summed E-state index contributed by atoms with van der Waals surface area (Å²) in [5.74, 6) is 0.782. The van der Waals surface area contributed by atoms with Gasteiger partial charge in [0, 0.05) is 12.1 Å². The molecule has 1 atom stereocenters. The van der Waals surface area contributed by atoms with E-state index < -0.39 is 0 Å². The predicted molar refractivity (Wildman–Crippen MR) is 39.2 cm³/mol. The zero-order valence-electron chi connectivity index (χ0n) is 6.28. The molecular weight excluding hydrogens is 112 g/mol. The van der Waals surface area contributed by atoms with Gasteiger partial charge >= 0.3 is 0 Å². The molecule has 9 heavy (non-hydrogen) atoms. The van der Waals surface area contributed by atoms with E-state index in [1.165, 1.54) is 12.8 Å². The maximum Gasteiger partial charge on any atom is 0.0280 e. The second kappa shape index (κ2) is 2.27. The predicted octanol–water partition coefficient (Wildman–Crippen LogP) is 0.333. The number of nitrogens with two attached hydrogens (primary N) is 1. The quantitative estimate of drug-likeness (QED) is 0.575. The topological polar surface area (TPSA) is 38.0 Å². The van der Waals surface area contributed by atoms with Crippen molar-refractivity contribution in [3.8, 4) is 0 Å². The zero-order chi connectivity index (χ0) is 6.91.